The average Bonchev–Trinajstić information content (AvgIpc) is 2.65. The lowest BCUT2D eigenvalue weighted by Crippen LogP contribution is -2.39. The van der Waals surface area contributed by atoms with Crippen LogP contribution in [0, 0.1) is 11.8 Å². The second-order valence-electron chi connectivity index (χ2n) is 4.83. The Morgan fingerprint density at radius 1 is 1.33 bits per heavy atom. The summed E-state index contributed by atoms with van der Waals surface area (Å²) < 4.78 is 4.91. The molecule has 1 aliphatic heterocycles. The quantitative estimate of drug-likeness (QED) is 0.662. The van der Waals surface area contributed by atoms with Crippen molar-refractivity contribution >= 4 is 5.97 Å². The van der Waals surface area contributed by atoms with Crippen LogP contribution in [0.4, 0.5) is 0 Å². The van der Waals surface area contributed by atoms with Gasteiger partial charge < -0.3 is 9.64 Å². The van der Waals surface area contributed by atoms with Crippen LogP contribution in [0.25, 0.3) is 0 Å². The van der Waals surface area contributed by atoms with E-state index in [1.807, 2.05) is 0 Å². The lowest BCUT2D eigenvalue weighted by atomic mass is 9.75. The number of ether oxygens (including phenoxy) is 1. The highest BCUT2D eigenvalue weighted by atomic mass is 16.5. The van der Waals surface area contributed by atoms with E-state index in [2.05, 4.69) is 4.90 Å². The van der Waals surface area contributed by atoms with Gasteiger partial charge in [-0.15, -0.1) is 0 Å². The molecular formula is C12H21NO2. The predicted molar refractivity (Wildman–Crippen MR) is 58.5 cm³/mol. The Hall–Kier alpha value is -0.570. The Morgan fingerprint density at radius 2 is 2.00 bits per heavy atom. The van der Waals surface area contributed by atoms with Gasteiger partial charge in [-0.1, -0.05) is 6.42 Å². The number of carbonyl (C=O) groups is 1. The minimum atomic E-state index is 0.00611. The summed E-state index contributed by atoms with van der Waals surface area (Å²) in [5, 5.41) is 0. The van der Waals surface area contributed by atoms with Gasteiger partial charge >= 0.3 is 5.97 Å². The lowest BCUT2D eigenvalue weighted by Gasteiger charge is -2.34. The van der Waals surface area contributed by atoms with Crippen LogP contribution >= 0.6 is 0 Å². The molecule has 3 nitrogen and oxygen atoms in total. The number of carbonyl (C=O) groups excluding carboxylic acids is 1. The third kappa shape index (κ3) is 2.51. The second kappa shape index (κ2) is 4.97. The first kappa shape index (κ1) is 10.9. The van der Waals surface area contributed by atoms with E-state index in [0.29, 0.717) is 5.92 Å². The summed E-state index contributed by atoms with van der Waals surface area (Å²) in [6, 6.07) is 0. The molecule has 0 N–H and O–H groups in total. The topological polar surface area (TPSA) is 29.5 Å². The third-order valence-electron chi connectivity index (χ3n) is 3.88. The molecule has 0 bridgehead atoms. The fourth-order valence-corrected chi connectivity index (χ4v) is 2.65. The fraction of sp³-hybridized carbons (Fsp3) is 0.917. The van der Waals surface area contributed by atoms with Crippen molar-refractivity contribution in [3.63, 3.8) is 0 Å². The number of esters is 1. The van der Waals surface area contributed by atoms with Gasteiger partial charge in [-0.25, -0.2) is 0 Å². The molecule has 2 fully saturated rings. The summed E-state index contributed by atoms with van der Waals surface area (Å²) in [4.78, 5) is 14.1. The zero-order valence-electron chi connectivity index (χ0n) is 9.58. The zero-order valence-corrected chi connectivity index (χ0v) is 9.58. The molecule has 86 valence electrons. The molecule has 3 heteroatoms. The van der Waals surface area contributed by atoms with Gasteiger partial charge in [0.15, 0.2) is 0 Å². The molecule has 0 aromatic carbocycles. The smallest absolute Gasteiger partial charge is 0.310 e. The maximum Gasteiger partial charge on any atom is 0.310 e. The van der Waals surface area contributed by atoms with Crippen LogP contribution in [0.1, 0.15) is 32.1 Å². The van der Waals surface area contributed by atoms with Crippen molar-refractivity contribution in [2.24, 2.45) is 11.8 Å². The highest BCUT2D eigenvalue weighted by molar-refractivity contribution is 5.73. The molecule has 0 aromatic rings. The molecule has 0 amide bonds. The molecule has 2 rings (SSSR count). The van der Waals surface area contributed by atoms with Crippen LogP contribution in [-0.2, 0) is 9.53 Å². The summed E-state index contributed by atoms with van der Waals surface area (Å²) in [5.41, 5.74) is 0. The van der Waals surface area contributed by atoms with E-state index in [1.54, 1.807) is 0 Å². The third-order valence-corrected chi connectivity index (χ3v) is 3.88. The predicted octanol–water partition coefficient (Wildman–Crippen LogP) is 1.67. The van der Waals surface area contributed by atoms with Crippen molar-refractivity contribution in [2.45, 2.75) is 32.1 Å². The summed E-state index contributed by atoms with van der Waals surface area (Å²) >= 11 is 0. The van der Waals surface area contributed by atoms with Crippen LogP contribution in [0.15, 0.2) is 0 Å². The van der Waals surface area contributed by atoms with Gasteiger partial charge in [0, 0.05) is 6.54 Å². The van der Waals surface area contributed by atoms with Crippen molar-refractivity contribution in [1.82, 2.24) is 4.90 Å². The van der Waals surface area contributed by atoms with Crippen molar-refractivity contribution < 1.29 is 9.53 Å². The average molecular weight is 211 g/mol. The van der Waals surface area contributed by atoms with E-state index in [0.717, 1.165) is 6.54 Å². The van der Waals surface area contributed by atoms with Gasteiger partial charge in [-0.05, 0) is 44.7 Å². The molecular weight excluding hydrogens is 190 g/mol. The van der Waals surface area contributed by atoms with E-state index in [1.165, 1.54) is 52.3 Å². The Bertz CT molecular complexity index is 220. The minimum Gasteiger partial charge on any atom is -0.469 e. The van der Waals surface area contributed by atoms with E-state index in [4.69, 9.17) is 4.74 Å². The van der Waals surface area contributed by atoms with Gasteiger partial charge in [0.2, 0.25) is 0 Å². The summed E-state index contributed by atoms with van der Waals surface area (Å²) in [6.07, 6.45) is 6.30. The van der Waals surface area contributed by atoms with Crippen molar-refractivity contribution in [3.05, 3.63) is 0 Å². The molecule has 0 aromatic heterocycles. The van der Waals surface area contributed by atoms with E-state index in [9.17, 15) is 4.79 Å². The van der Waals surface area contributed by atoms with Crippen LogP contribution in [-0.4, -0.2) is 37.6 Å². The molecule has 1 atom stereocenters. The molecule has 15 heavy (non-hydrogen) atoms. The summed E-state index contributed by atoms with van der Waals surface area (Å²) in [5.74, 6) is 0.742. The Kier molecular flexibility index (Phi) is 3.62. The van der Waals surface area contributed by atoms with Gasteiger partial charge in [-0.3, -0.25) is 4.79 Å². The van der Waals surface area contributed by atoms with Crippen LogP contribution < -0.4 is 0 Å². The number of hydrogen-bond donors (Lipinski definition) is 0. The molecule has 1 unspecified atom stereocenters. The molecule has 1 saturated carbocycles. The minimum absolute atomic E-state index is 0.00611. The molecule has 2 aliphatic rings. The standard InChI is InChI=1S/C12H21NO2/c1-15-12(14)11(10-5-4-6-10)9-13-7-2-3-8-13/h10-11H,2-9H2,1H3. The van der Waals surface area contributed by atoms with Gasteiger partial charge in [-0.2, -0.15) is 0 Å². The Balaban J connectivity index is 1.88. The fourth-order valence-electron chi connectivity index (χ4n) is 2.65. The highest BCUT2D eigenvalue weighted by Gasteiger charge is 2.34. The first-order valence-corrected chi connectivity index (χ1v) is 6.11. The molecule has 0 radical (unpaired) electrons. The molecule has 1 aliphatic carbocycles. The zero-order chi connectivity index (χ0) is 10.7. The molecule has 0 spiro atoms. The Labute approximate surface area is 91.8 Å². The summed E-state index contributed by atoms with van der Waals surface area (Å²) in [6.45, 7) is 3.26. The normalized spacial score (nSPS) is 24.9. The van der Waals surface area contributed by atoms with Crippen LogP contribution in [0.2, 0.25) is 0 Å². The number of methoxy groups -OCH3 is 1. The Morgan fingerprint density at radius 3 is 2.47 bits per heavy atom. The maximum atomic E-state index is 11.7. The van der Waals surface area contributed by atoms with Gasteiger partial charge in [0.25, 0.3) is 0 Å². The first-order chi connectivity index (χ1) is 7.31. The van der Waals surface area contributed by atoms with Crippen LogP contribution in [0.3, 0.4) is 0 Å². The number of rotatable bonds is 4. The number of hydrogen-bond acceptors (Lipinski definition) is 3. The number of likely N-dealkylation sites (tertiary alicyclic amines) is 1. The van der Waals surface area contributed by atoms with Gasteiger partial charge in [0.05, 0.1) is 13.0 Å². The van der Waals surface area contributed by atoms with E-state index in [-0.39, 0.29) is 11.9 Å². The van der Waals surface area contributed by atoms with Crippen molar-refractivity contribution in [2.75, 3.05) is 26.7 Å². The maximum absolute atomic E-state index is 11.7. The second-order valence-corrected chi connectivity index (χ2v) is 4.83. The van der Waals surface area contributed by atoms with Crippen molar-refractivity contribution in [3.8, 4) is 0 Å². The first-order valence-electron chi connectivity index (χ1n) is 6.11. The van der Waals surface area contributed by atoms with Crippen LogP contribution in [0.5, 0.6) is 0 Å². The van der Waals surface area contributed by atoms with Crippen molar-refractivity contribution in [1.29, 1.82) is 0 Å². The van der Waals surface area contributed by atoms with Gasteiger partial charge in [0.1, 0.15) is 0 Å². The lowest BCUT2D eigenvalue weighted by molar-refractivity contribution is -0.149. The largest absolute Gasteiger partial charge is 0.469 e. The highest BCUT2D eigenvalue weighted by Crippen LogP contribution is 2.35. The SMILES string of the molecule is COC(=O)C(CN1CCCC1)C1CCC1. The molecule has 1 saturated heterocycles. The van der Waals surface area contributed by atoms with E-state index >= 15 is 0 Å². The monoisotopic (exact) mass is 211 g/mol. The molecule has 1 heterocycles. The number of nitrogens with zero attached hydrogens (tertiary/aromatic N) is 1. The van der Waals surface area contributed by atoms with E-state index < -0.39 is 0 Å². The summed E-state index contributed by atoms with van der Waals surface area (Å²) in [7, 11) is 1.51.